The fourth-order valence-electron chi connectivity index (χ4n) is 4.42. The average Bonchev–Trinajstić information content (AvgIpc) is 3.35. The van der Waals surface area contributed by atoms with Crippen molar-refractivity contribution in [2.24, 2.45) is 0 Å². The maximum atomic E-state index is 13.0. The Labute approximate surface area is 152 Å². The molecule has 26 heavy (non-hydrogen) atoms. The third kappa shape index (κ3) is 2.68. The second-order valence-corrected chi connectivity index (χ2v) is 7.49. The molecule has 5 heteroatoms. The van der Waals surface area contributed by atoms with E-state index in [1.54, 1.807) is 10.7 Å². The van der Waals surface area contributed by atoms with E-state index < -0.39 is 0 Å². The number of likely N-dealkylation sites (tertiary alicyclic amines) is 1. The van der Waals surface area contributed by atoms with Gasteiger partial charge in [-0.2, -0.15) is 0 Å². The van der Waals surface area contributed by atoms with E-state index in [4.69, 9.17) is 0 Å². The van der Waals surface area contributed by atoms with Gasteiger partial charge in [-0.25, -0.2) is 0 Å². The summed E-state index contributed by atoms with van der Waals surface area (Å²) in [6, 6.07) is 10.7. The number of benzene rings is 1. The molecule has 1 aliphatic carbocycles. The Kier molecular flexibility index (Phi) is 3.73. The molecular weight excluding hydrogens is 324 g/mol. The van der Waals surface area contributed by atoms with Crippen molar-refractivity contribution in [3.8, 4) is 0 Å². The van der Waals surface area contributed by atoms with Crippen LogP contribution in [0.15, 0.2) is 42.9 Å². The van der Waals surface area contributed by atoms with Gasteiger partial charge in [0, 0.05) is 25.2 Å². The number of hydrogen-bond acceptors (Lipinski definition) is 3. The quantitative estimate of drug-likeness (QED) is 0.716. The molecule has 1 amide bonds. The number of carbonyl (C=O) groups is 1. The monoisotopic (exact) mass is 346 g/mol. The Bertz CT molecular complexity index is 977. The van der Waals surface area contributed by atoms with Crippen LogP contribution in [0.5, 0.6) is 0 Å². The van der Waals surface area contributed by atoms with Crippen LogP contribution in [0.1, 0.15) is 52.2 Å². The van der Waals surface area contributed by atoms with E-state index in [-0.39, 0.29) is 5.91 Å². The van der Waals surface area contributed by atoms with Gasteiger partial charge in [-0.3, -0.25) is 9.20 Å². The lowest BCUT2D eigenvalue weighted by atomic mass is 9.88. The first kappa shape index (κ1) is 15.6. The average molecular weight is 346 g/mol. The summed E-state index contributed by atoms with van der Waals surface area (Å²) in [5, 5.41) is 7.88. The normalized spacial score (nSPS) is 19.7. The SMILES string of the molecule is O=C(c1ccc2nncn2c1)N1CCCC(c2ccc3c(c2)CCC3)C1. The van der Waals surface area contributed by atoms with E-state index in [9.17, 15) is 4.79 Å². The highest BCUT2D eigenvalue weighted by Gasteiger charge is 2.26. The lowest BCUT2D eigenvalue weighted by molar-refractivity contribution is 0.0706. The van der Waals surface area contributed by atoms with Crippen LogP contribution >= 0.6 is 0 Å². The van der Waals surface area contributed by atoms with Gasteiger partial charge in [0.25, 0.3) is 5.91 Å². The summed E-state index contributed by atoms with van der Waals surface area (Å²) >= 11 is 0. The second kappa shape index (κ2) is 6.24. The zero-order chi connectivity index (χ0) is 17.5. The van der Waals surface area contributed by atoms with Gasteiger partial charge in [0.05, 0.1) is 5.56 Å². The minimum Gasteiger partial charge on any atom is -0.338 e. The third-order valence-corrected chi connectivity index (χ3v) is 5.84. The topological polar surface area (TPSA) is 50.5 Å². The second-order valence-electron chi connectivity index (χ2n) is 7.49. The molecule has 132 valence electrons. The molecule has 0 saturated carbocycles. The molecule has 5 nitrogen and oxygen atoms in total. The molecule has 0 N–H and O–H groups in total. The molecule has 5 rings (SSSR count). The molecule has 0 bridgehead atoms. The lowest BCUT2D eigenvalue weighted by Gasteiger charge is -2.33. The van der Waals surface area contributed by atoms with E-state index in [0.29, 0.717) is 11.5 Å². The number of amides is 1. The molecule has 3 aromatic rings. The summed E-state index contributed by atoms with van der Waals surface area (Å²) in [4.78, 5) is 15.0. The molecule has 0 spiro atoms. The molecule has 1 fully saturated rings. The highest BCUT2D eigenvalue weighted by atomic mass is 16.2. The fraction of sp³-hybridized carbons (Fsp3) is 0.381. The summed E-state index contributed by atoms with van der Waals surface area (Å²) in [7, 11) is 0. The van der Waals surface area contributed by atoms with Crippen LogP contribution in [0, 0.1) is 0 Å². The van der Waals surface area contributed by atoms with Gasteiger partial charge in [0.1, 0.15) is 6.33 Å². The first-order chi connectivity index (χ1) is 12.8. The Morgan fingerprint density at radius 1 is 1.08 bits per heavy atom. The van der Waals surface area contributed by atoms with Gasteiger partial charge >= 0.3 is 0 Å². The van der Waals surface area contributed by atoms with Crippen molar-refractivity contribution in [1.29, 1.82) is 0 Å². The highest BCUT2D eigenvalue weighted by molar-refractivity contribution is 5.94. The van der Waals surface area contributed by atoms with E-state index in [1.165, 1.54) is 36.0 Å². The maximum Gasteiger partial charge on any atom is 0.255 e. The summed E-state index contributed by atoms with van der Waals surface area (Å²) in [6.07, 6.45) is 9.38. The predicted molar refractivity (Wildman–Crippen MR) is 99.3 cm³/mol. The van der Waals surface area contributed by atoms with E-state index in [2.05, 4.69) is 28.4 Å². The molecule has 1 unspecified atom stereocenters. The third-order valence-electron chi connectivity index (χ3n) is 5.84. The highest BCUT2D eigenvalue weighted by Crippen LogP contribution is 2.31. The number of rotatable bonds is 2. The van der Waals surface area contributed by atoms with Crippen LogP contribution in [0.3, 0.4) is 0 Å². The molecule has 2 aliphatic rings. The van der Waals surface area contributed by atoms with Crippen LogP contribution in [-0.2, 0) is 12.8 Å². The minimum atomic E-state index is 0.103. The number of nitrogens with zero attached hydrogens (tertiary/aromatic N) is 4. The van der Waals surface area contributed by atoms with Crippen molar-refractivity contribution in [3.05, 3.63) is 65.1 Å². The number of hydrogen-bond donors (Lipinski definition) is 0. The fourth-order valence-corrected chi connectivity index (χ4v) is 4.42. The smallest absolute Gasteiger partial charge is 0.255 e. The van der Waals surface area contributed by atoms with Gasteiger partial charge in [0.15, 0.2) is 5.65 Å². The molecular formula is C21H22N4O. The van der Waals surface area contributed by atoms with Crippen molar-refractivity contribution in [1.82, 2.24) is 19.5 Å². The number of pyridine rings is 1. The molecule has 1 saturated heterocycles. The van der Waals surface area contributed by atoms with E-state index >= 15 is 0 Å². The molecule has 1 atom stereocenters. The van der Waals surface area contributed by atoms with Crippen molar-refractivity contribution in [3.63, 3.8) is 0 Å². The van der Waals surface area contributed by atoms with Crippen molar-refractivity contribution in [2.75, 3.05) is 13.1 Å². The van der Waals surface area contributed by atoms with Gasteiger partial charge < -0.3 is 4.90 Å². The van der Waals surface area contributed by atoms with Crippen molar-refractivity contribution in [2.45, 2.75) is 38.0 Å². The molecule has 2 aromatic heterocycles. The predicted octanol–water partition coefficient (Wildman–Crippen LogP) is 3.24. The van der Waals surface area contributed by atoms with Gasteiger partial charge in [-0.1, -0.05) is 18.2 Å². The Morgan fingerprint density at radius 2 is 2.00 bits per heavy atom. The number of piperidine rings is 1. The molecule has 3 heterocycles. The number of fused-ring (bicyclic) bond motifs is 2. The summed E-state index contributed by atoms with van der Waals surface area (Å²) in [6.45, 7) is 1.64. The zero-order valence-electron chi connectivity index (χ0n) is 14.8. The Balaban J connectivity index is 1.37. The Hall–Kier alpha value is -2.69. The first-order valence-electron chi connectivity index (χ1n) is 9.48. The standard InChI is InChI=1S/C21H22N4O/c26-21(19-8-9-20-23-22-14-25(20)13-19)24-10-2-5-18(12-24)17-7-6-15-3-1-4-16(15)11-17/h6-9,11,13-14,18H,1-5,10,12H2. The van der Waals surface area contributed by atoms with Crippen LogP contribution in [0.2, 0.25) is 0 Å². The van der Waals surface area contributed by atoms with Crippen molar-refractivity contribution >= 4 is 11.6 Å². The largest absolute Gasteiger partial charge is 0.338 e. The first-order valence-corrected chi connectivity index (χ1v) is 9.48. The molecule has 1 aromatic carbocycles. The van der Waals surface area contributed by atoms with Gasteiger partial charge in [-0.15, -0.1) is 10.2 Å². The maximum absolute atomic E-state index is 13.0. The number of aromatic nitrogens is 3. The van der Waals surface area contributed by atoms with Crippen LogP contribution in [-0.4, -0.2) is 38.5 Å². The van der Waals surface area contributed by atoms with Crippen LogP contribution in [0.25, 0.3) is 5.65 Å². The summed E-state index contributed by atoms with van der Waals surface area (Å²) in [5.74, 6) is 0.545. The van der Waals surface area contributed by atoms with Crippen molar-refractivity contribution < 1.29 is 4.79 Å². The minimum absolute atomic E-state index is 0.103. The van der Waals surface area contributed by atoms with Crippen LogP contribution < -0.4 is 0 Å². The van der Waals surface area contributed by atoms with E-state index in [1.807, 2.05) is 23.2 Å². The molecule has 1 aliphatic heterocycles. The zero-order valence-corrected chi connectivity index (χ0v) is 14.8. The summed E-state index contributed by atoms with van der Waals surface area (Å²) < 4.78 is 1.80. The van der Waals surface area contributed by atoms with E-state index in [0.717, 1.165) is 31.6 Å². The number of carbonyl (C=O) groups excluding carboxylic acids is 1. The summed E-state index contributed by atoms with van der Waals surface area (Å²) in [5.41, 5.74) is 5.89. The molecule has 0 radical (unpaired) electrons. The van der Waals surface area contributed by atoms with Gasteiger partial charge in [-0.05, 0) is 60.9 Å². The lowest BCUT2D eigenvalue weighted by Crippen LogP contribution is -2.39. The Morgan fingerprint density at radius 3 is 2.96 bits per heavy atom. The number of aryl methyl sites for hydroxylation is 2. The van der Waals surface area contributed by atoms with Crippen LogP contribution in [0.4, 0.5) is 0 Å². The van der Waals surface area contributed by atoms with Gasteiger partial charge in [0.2, 0.25) is 0 Å².